The van der Waals surface area contributed by atoms with Crippen molar-refractivity contribution in [3.05, 3.63) is 0 Å². The van der Waals surface area contributed by atoms with Crippen LogP contribution in [0.2, 0.25) is 0 Å². The van der Waals surface area contributed by atoms with Gasteiger partial charge in [-0.25, -0.2) is 0 Å². The minimum Gasteiger partial charge on any atom is -0.394 e. The molecule has 532 valence electrons. The molecule has 2 aliphatic rings. The van der Waals surface area contributed by atoms with Gasteiger partial charge in [0.25, 0.3) is 0 Å². The summed E-state index contributed by atoms with van der Waals surface area (Å²) >= 11 is 0. The SMILES string of the molecule is CC(=O)CCCCCCCCCCC(=O)NC(COCCC(=O)NCCCN)(COCCC(=O)NCCCNC(=O)CCCCO[C@@H]1OC(CO)[C@@H](O)C(O)C1NC(C)=O)COCCC(=O)NCCCNC(=O)CCCCO[C@@H]1OC(CO)[C@@H](O)C(O)C1NC(C)=O. The third kappa shape index (κ3) is 37.7. The highest BCUT2D eigenvalue weighted by Gasteiger charge is 2.46. The Kier molecular flexibility index (Phi) is 45.4. The van der Waals surface area contributed by atoms with E-state index in [1.54, 1.807) is 6.92 Å². The van der Waals surface area contributed by atoms with Crippen molar-refractivity contribution in [1.29, 1.82) is 0 Å². The number of nitrogens with one attached hydrogen (secondary N) is 8. The van der Waals surface area contributed by atoms with Crippen molar-refractivity contribution in [2.75, 3.05) is 105 Å². The summed E-state index contributed by atoms with van der Waals surface area (Å²) in [6.07, 6.45) is 1.31. The highest BCUT2D eigenvalue weighted by molar-refractivity contribution is 5.78. The molecule has 31 nitrogen and oxygen atoms in total. The van der Waals surface area contributed by atoms with Crippen molar-refractivity contribution >= 4 is 53.0 Å². The van der Waals surface area contributed by atoms with Crippen molar-refractivity contribution in [3.8, 4) is 0 Å². The van der Waals surface area contributed by atoms with Crippen LogP contribution < -0.4 is 48.3 Å². The van der Waals surface area contributed by atoms with Gasteiger partial charge in [-0.3, -0.25) is 38.4 Å². The molecule has 2 heterocycles. The summed E-state index contributed by atoms with van der Waals surface area (Å²) in [6, 6.07) is -2.14. The number of carbonyl (C=O) groups is 9. The fraction of sp³-hybridized carbons (Fsp3) is 0.852. The topological polar surface area (TPSA) is 462 Å². The minimum atomic E-state index is -1.44. The van der Waals surface area contributed by atoms with Crippen LogP contribution in [0, 0.1) is 0 Å². The Hall–Kier alpha value is -5.13. The van der Waals surface area contributed by atoms with Gasteiger partial charge in [0.2, 0.25) is 47.3 Å². The van der Waals surface area contributed by atoms with Gasteiger partial charge in [0.05, 0.1) is 52.9 Å². The lowest BCUT2D eigenvalue weighted by Gasteiger charge is -2.42. The molecule has 0 saturated carbocycles. The number of Topliss-reactive ketones (excluding diaryl/α,β-unsaturated/α-hetero) is 1. The molecule has 0 spiro atoms. The van der Waals surface area contributed by atoms with Gasteiger partial charge in [0.15, 0.2) is 12.6 Å². The Morgan fingerprint density at radius 2 is 0.728 bits per heavy atom. The molecule has 2 saturated heterocycles. The summed E-state index contributed by atoms with van der Waals surface area (Å²) in [5, 5.41) is 82.4. The second-order valence-electron chi connectivity index (χ2n) is 23.4. The van der Waals surface area contributed by atoms with E-state index in [4.69, 9.17) is 38.9 Å². The van der Waals surface area contributed by atoms with Gasteiger partial charge in [-0.1, -0.05) is 38.5 Å². The highest BCUT2D eigenvalue weighted by atomic mass is 16.7. The molecule has 6 unspecified atom stereocenters. The van der Waals surface area contributed by atoms with E-state index in [1.807, 2.05) is 0 Å². The summed E-state index contributed by atoms with van der Waals surface area (Å²) in [4.78, 5) is 112. The minimum absolute atomic E-state index is 0.00702. The summed E-state index contributed by atoms with van der Waals surface area (Å²) < 4.78 is 40.6. The summed E-state index contributed by atoms with van der Waals surface area (Å²) in [6.45, 7) is 4.42. The Morgan fingerprint density at radius 3 is 1.08 bits per heavy atom. The lowest BCUT2D eigenvalue weighted by molar-refractivity contribution is -0.270. The molecule has 16 N–H and O–H groups in total. The fourth-order valence-corrected chi connectivity index (χ4v) is 9.87. The normalized spacial score (nSPS) is 21.9. The standard InChI is InChI=1S/C61H111N9O22/c1-42(73)19-10-8-6-4-5-7-9-11-22-52(81)70-61(39-86-34-23-49(78)63-27-16-26-62,40-87-35-24-50(79)66-30-17-28-64-47(76)20-12-14-32-89-59-53(68-43(2)74)57(84)55(82)45(37-71)91-59)41-88-36-25-51(80)67-31-18-29-65-48(77)21-13-15-33-90-60-54(69-44(3)75)58(85)56(83)46(38-72)92-60/h45-46,53-60,71-72,82-85H,4-41,62H2,1-3H3,(H,63,78)(H,64,76)(H,65,77)(H,66,79)(H,67,80)(H,68,74)(H,69,75)(H,70,81)/t45?,46?,53?,54?,55-,56-,57?,58?,59-,60-,61?/m1/s1. The maximum Gasteiger partial charge on any atom is 0.222 e. The number of ketones is 1. The number of aliphatic hydroxyl groups is 6. The summed E-state index contributed by atoms with van der Waals surface area (Å²) in [7, 11) is 0. The van der Waals surface area contributed by atoms with Crippen molar-refractivity contribution in [1.82, 2.24) is 42.5 Å². The number of carbonyl (C=O) groups excluding carboxylic acids is 9. The number of nitrogens with two attached hydrogens (primary N) is 1. The zero-order chi connectivity index (χ0) is 67.9. The van der Waals surface area contributed by atoms with Crippen molar-refractivity contribution in [2.45, 2.75) is 229 Å². The van der Waals surface area contributed by atoms with Crippen LogP contribution in [0.15, 0.2) is 0 Å². The van der Waals surface area contributed by atoms with E-state index in [-0.39, 0.29) is 159 Å². The van der Waals surface area contributed by atoms with Crippen LogP contribution in [0.25, 0.3) is 0 Å². The van der Waals surface area contributed by atoms with Gasteiger partial charge in [-0.05, 0) is 71.3 Å². The first-order chi connectivity index (χ1) is 44.1. The molecule has 0 aromatic rings. The van der Waals surface area contributed by atoms with Gasteiger partial charge in [0.1, 0.15) is 60.0 Å². The number of hydrogen-bond donors (Lipinski definition) is 15. The van der Waals surface area contributed by atoms with Crippen LogP contribution in [0.5, 0.6) is 0 Å². The second kappa shape index (κ2) is 50.3. The number of ether oxygens (including phenoxy) is 7. The second-order valence-corrected chi connectivity index (χ2v) is 23.4. The molecule has 2 aliphatic heterocycles. The number of hydrogen-bond acceptors (Lipinski definition) is 23. The van der Waals surface area contributed by atoms with E-state index in [1.165, 1.54) is 13.8 Å². The summed E-state index contributed by atoms with van der Waals surface area (Å²) in [5.74, 6) is -2.40. The molecular weight excluding hydrogens is 1210 g/mol. The number of rotatable bonds is 54. The molecule has 0 radical (unpaired) electrons. The van der Waals surface area contributed by atoms with E-state index in [9.17, 15) is 73.8 Å². The van der Waals surface area contributed by atoms with E-state index < -0.39 is 91.9 Å². The van der Waals surface area contributed by atoms with Crippen LogP contribution in [0.3, 0.4) is 0 Å². The first kappa shape index (κ1) is 83.0. The molecule has 2 fully saturated rings. The van der Waals surface area contributed by atoms with E-state index in [2.05, 4.69) is 42.5 Å². The average Bonchev–Trinajstić information content (AvgIpc) is 0.942. The molecule has 2 rings (SSSR count). The smallest absolute Gasteiger partial charge is 0.222 e. The van der Waals surface area contributed by atoms with Gasteiger partial charge in [-0.2, -0.15) is 0 Å². The molecule has 0 aromatic carbocycles. The van der Waals surface area contributed by atoms with Crippen LogP contribution in [-0.2, 0) is 76.3 Å². The maximum atomic E-state index is 13.7. The molecule has 10 atom stereocenters. The Balaban J connectivity index is 1.90. The summed E-state index contributed by atoms with van der Waals surface area (Å²) in [5.41, 5.74) is 4.25. The maximum absolute atomic E-state index is 13.7. The predicted octanol–water partition coefficient (Wildman–Crippen LogP) is -2.48. The fourth-order valence-electron chi connectivity index (χ4n) is 9.87. The van der Waals surface area contributed by atoms with Crippen molar-refractivity contribution in [3.63, 3.8) is 0 Å². The Labute approximate surface area is 540 Å². The predicted molar refractivity (Wildman–Crippen MR) is 332 cm³/mol. The molecule has 0 aromatic heterocycles. The molecule has 8 amide bonds. The number of unbranched alkanes of at least 4 members (excludes halogenated alkanes) is 9. The zero-order valence-corrected chi connectivity index (χ0v) is 54.4. The Morgan fingerprint density at radius 1 is 0.402 bits per heavy atom. The quantitative estimate of drug-likeness (QED) is 0.0281. The first-order valence-electron chi connectivity index (χ1n) is 32.7. The van der Waals surface area contributed by atoms with Crippen molar-refractivity contribution in [2.24, 2.45) is 5.73 Å². The monoisotopic (exact) mass is 1320 g/mol. The molecule has 31 heteroatoms. The molecule has 0 aliphatic carbocycles. The van der Waals surface area contributed by atoms with Crippen LogP contribution in [-0.4, -0.2) is 256 Å². The van der Waals surface area contributed by atoms with Gasteiger partial charge < -0.3 is 117 Å². The lowest BCUT2D eigenvalue weighted by atomic mass is 9.97. The Bertz CT molecular complexity index is 2020. The van der Waals surface area contributed by atoms with Gasteiger partial charge in [0, 0.05) is 105 Å². The average molecular weight is 1320 g/mol. The first-order valence-corrected chi connectivity index (χ1v) is 32.7. The van der Waals surface area contributed by atoms with E-state index in [0.29, 0.717) is 70.9 Å². The molecule has 0 bridgehead atoms. The largest absolute Gasteiger partial charge is 0.394 e. The van der Waals surface area contributed by atoms with Gasteiger partial charge >= 0.3 is 0 Å². The third-order valence-electron chi connectivity index (χ3n) is 15.0. The van der Waals surface area contributed by atoms with Crippen LogP contribution in [0.4, 0.5) is 0 Å². The number of aliphatic hydroxyl groups excluding tert-OH is 6. The van der Waals surface area contributed by atoms with E-state index >= 15 is 0 Å². The molecule has 92 heavy (non-hydrogen) atoms. The van der Waals surface area contributed by atoms with Crippen molar-refractivity contribution < 1.29 is 107 Å². The zero-order valence-electron chi connectivity index (χ0n) is 54.4. The molecular formula is C61H111N9O22. The third-order valence-corrected chi connectivity index (χ3v) is 15.0. The van der Waals surface area contributed by atoms with Crippen LogP contribution in [0.1, 0.15) is 162 Å². The lowest BCUT2D eigenvalue weighted by Crippen LogP contribution is -2.64. The van der Waals surface area contributed by atoms with E-state index in [0.717, 1.165) is 44.9 Å². The van der Waals surface area contributed by atoms with Gasteiger partial charge in [-0.15, -0.1) is 0 Å². The highest BCUT2D eigenvalue weighted by Crippen LogP contribution is 2.24. The number of amides is 8. The van der Waals surface area contributed by atoms with Crippen LogP contribution >= 0.6 is 0 Å².